The highest BCUT2D eigenvalue weighted by Gasteiger charge is 2.38. The Morgan fingerprint density at radius 3 is 2.00 bits per heavy atom. The van der Waals surface area contributed by atoms with E-state index in [9.17, 15) is 24.3 Å². The molecule has 3 amide bonds. The molecule has 0 aromatic heterocycles. The van der Waals surface area contributed by atoms with E-state index in [0.29, 0.717) is 25.7 Å². The SMILES string of the molecule is NCC(=O)NC(CCCN=C(N)N)C(=O)NC(CCCN=C(N)N)C(=O)N1CCCC1C(=O)O. The number of nitrogens with two attached hydrogens (primary N) is 5. The van der Waals surface area contributed by atoms with Gasteiger partial charge in [0.1, 0.15) is 18.1 Å². The quantitative estimate of drug-likeness (QED) is 0.0673. The number of carbonyl (C=O) groups excluding carboxylic acids is 3. The molecule has 0 bridgehead atoms. The van der Waals surface area contributed by atoms with Crippen LogP contribution in [0.4, 0.5) is 0 Å². The average Bonchev–Trinajstić information content (AvgIpc) is 3.27. The summed E-state index contributed by atoms with van der Waals surface area (Å²) >= 11 is 0. The maximum absolute atomic E-state index is 13.2. The van der Waals surface area contributed by atoms with Crippen LogP contribution in [-0.2, 0) is 19.2 Å². The van der Waals surface area contributed by atoms with Crippen LogP contribution in [-0.4, -0.2) is 89.9 Å². The van der Waals surface area contributed by atoms with E-state index in [2.05, 4.69) is 20.6 Å². The van der Waals surface area contributed by atoms with Crippen molar-refractivity contribution in [1.29, 1.82) is 0 Å². The minimum absolute atomic E-state index is 0.1000. The Morgan fingerprint density at radius 2 is 1.50 bits per heavy atom. The lowest BCUT2D eigenvalue weighted by Gasteiger charge is -2.28. The summed E-state index contributed by atoms with van der Waals surface area (Å²) in [6, 6.07) is -2.99. The summed E-state index contributed by atoms with van der Waals surface area (Å²) in [6.07, 6.45) is 1.94. The van der Waals surface area contributed by atoms with Gasteiger partial charge in [-0.3, -0.25) is 24.4 Å². The van der Waals surface area contributed by atoms with Gasteiger partial charge >= 0.3 is 5.97 Å². The van der Waals surface area contributed by atoms with E-state index < -0.39 is 41.8 Å². The molecule has 3 unspecified atom stereocenters. The number of nitrogens with one attached hydrogen (secondary N) is 2. The van der Waals surface area contributed by atoms with Crippen LogP contribution < -0.4 is 39.3 Å². The number of hydrogen-bond acceptors (Lipinski definition) is 7. The van der Waals surface area contributed by atoms with Crippen LogP contribution in [0.25, 0.3) is 0 Å². The predicted molar refractivity (Wildman–Crippen MR) is 125 cm³/mol. The third-order valence-corrected chi connectivity index (χ3v) is 5.16. The Hall–Kier alpha value is -3.62. The van der Waals surface area contributed by atoms with Crippen LogP contribution in [0.5, 0.6) is 0 Å². The lowest BCUT2D eigenvalue weighted by Crippen LogP contribution is -2.56. The largest absolute Gasteiger partial charge is 0.480 e. The Morgan fingerprint density at radius 1 is 0.941 bits per heavy atom. The second-order valence-corrected chi connectivity index (χ2v) is 7.81. The molecule has 0 radical (unpaired) electrons. The van der Waals surface area contributed by atoms with E-state index in [0.717, 1.165) is 0 Å². The molecule has 13 N–H and O–H groups in total. The number of aliphatic imine (C=N–C) groups is 2. The number of hydrogen-bond donors (Lipinski definition) is 8. The van der Waals surface area contributed by atoms with Crippen molar-refractivity contribution in [3.8, 4) is 0 Å². The zero-order valence-electron chi connectivity index (χ0n) is 19.1. The highest BCUT2D eigenvalue weighted by molar-refractivity contribution is 5.93. The van der Waals surface area contributed by atoms with Gasteiger partial charge in [0.25, 0.3) is 0 Å². The minimum Gasteiger partial charge on any atom is -0.480 e. The first-order chi connectivity index (χ1) is 16.1. The van der Waals surface area contributed by atoms with Gasteiger partial charge in [0.05, 0.1) is 6.54 Å². The Balaban J connectivity index is 2.97. The molecule has 34 heavy (non-hydrogen) atoms. The summed E-state index contributed by atoms with van der Waals surface area (Å²) in [5.41, 5.74) is 26.6. The number of guanidine groups is 2. The molecule has 1 heterocycles. The molecule has 1 fully saturated rings. The summed E-state index contributed by atoms with van der Waals surface area (Å²) in [7, 11) is 0. The smallest absolute Gasteiger partial charge is 0.326 e. The number of aliphatic carboxylic acids is 1. The molecule has 0 aromatic carbocycles. The lowest BCUT2D eigenvalue weighted by molar-refractivity contribution is -0.149. The first-order valence-corrected chi connectivity index (χ1v) is 11.0. The summed E-state index contributed by atoms with van der Waals surface area (Å²) in [5, 5.41) is 14.6. The van der Waals surface area contributed by atoms with E-state index >= 15 is 0 Å². The summed E-state index contributed by atoms with van der Waals surface area (Å²) < 4.78 is 0. The van der Waals surface area contributed by atoms with E-state index in [1.165, 1.54) is 4.90 Å². The van der Waals surface area contributed by atoms with Crippen molar-refractivity contribution in [2.45, 2.75) is 56.7 Å². The predicted octanol–water partition coefficient (Wildman–Crippen LogP) is -3.90. The Bertz CT molecular complexity index is 779. The second kappa shape index (κ2) is 14.5. The molecule has 1 rings (SSSR count). The van der Waals surface area contributed by atoms with E-state index in [1.807, 2.05) is 0 Å². The van der Waals surface area contributed by atoms with Gasteiger partial charge in [0, 0.05) is 19.6 Å². The highest BCUT2D eigenvalue weighted by Crippen LogP contribution is 2.19. The number of carboxylic acid groups (broad SMARTS) is 1. The molecule has 0 spiro atoms. The first kappa shape index (κ1) is 28.4. The van der Waals surface area contributed by atoms with E-state index in [-0.39, 0.29) is 50.9 Å². The standard InChI is InChI=1S/C19H36N10O5/c20-10-14(30)27-11(4-1-7-25-18(21)22)15(31)28-12(5-2-8-26-19(23)24)16(32)29-9-3-6-13(29)17(33)34/h11-13H,1-10,20H2,(H,27,30)(H,28,31)(H,33,34)(H4,21,22,25)(H4,23,24,26). The zero-order chi connectivity index (χ0) is 25.7. The zero-order valence-corrected chi connectivity index (χ0v) is 19.1. The second-order valence-electron chi connectivity index (χ2n) is 7.81. The maximum atomic E-state index is 13.2. The highest BCUT2D eigenvalue weighted by atomic mass is 16.4. The number of carboxylic acids is 1. The van der Waals surface area contributed by atoms with Crippen LogP contribution in [0.3, 0.4) is 0 Å². The summed E-state index contributed by atoms with van der Waals surface area (Å²) in [5.74, 6) is -3.00. The van der Waals surface area contributed by atoms with Crippen LogP contribution >= 0.6 is 0 Å². The number of nitrogens with zero attached hydrogens (tertiary/aromatic N) is 3. The van der Waals surface area contributed by atoms with Gasteiger partial charge in [-0.05, 0) is 38.5 Å². The Kier molecular flexibility index (Phi) is 12.1. The molecule has 15 nitrogen and oxygen atoms in total. The minimum atomic E-state index is -1.11. The van der Waals surface area contributed by atoms with Crippen molar-refractivity contribution in [2.24, 2.45) is 38.7 Å². The van der Waals surface area contributed by atoms with Gasteiger partial charge in [-0.1, -0.05) is 0 Å². The molecule has 0 aromatic rings. The van der Waals surface area contributed by atoms with Crippen LogP contribution in [0.1, 0.15) is 38.5 Å². The van der Waals surface area contributed by atoms with Crippen molar-refractivity contribution in [1.82, 2.24) is 15.5 Å². The molecule has 0 saturated carbocycles. The number of rotatable bonds is 14. The van der Waals surface area contributed by atoms with E-state index in [1.54, 1.807) is 0 Å². The molecule has 15 heteroatoms. The fraction of sp³-hybridized carbons (Fsp3) is 0.684. The molecule has 1 aliphatic heterocycles. The monoisotopic (exact) mass is 484 g/mol. The van der Waals surface area contributed by atoms with Gasteiger partial charge in [-0.25, -0.2) is 4.79 Å². The topological polar surface area (TPSA) is 271 Å². The van der Waals surface area contributed by atoms with Gasteiger partial charge in [0.2, 0.25) is 17.7 Å². The normalized spacial score (nSPS) is 16.7. The first-order valence-electron chi connectivity index (χ1n) is 11.0. The van der Waals surface area contributed by atoms with Crippen molar-refractivity contribution in [3.63, 3.8) is 0 Å². The van der Waals surface area contributed by atoms with Crippen LogP contribution in [0.15, 0.2) is 9.98 Å². The third kappa shape index (κ3) is 9.89. The summed E-state index contributed by atoms with van der Waals surface area (Å²) in [4.78, 5) is 58.5. The van der Waals surface area contributed by atoms with Crippen molar-refractivity contribution < 1.29 is 24.3 Å². The number of carbonyl (C=O) groups is 4. The summed E-state index contributed by atoms with van der Waals surface area (Å²) in [6.45, 7) is 0.393. The van der Waals surface area contributed by atoms with Crippen LogP contribution in [0.2, 0.25) is 0 Å². The fourth-order valence-electron chi connectivity index (χ4n) is 3.55. The molecule has 1 saturated heterocycles. The fourth-order valence-corrected chi connectivity index (χ4v) is 3.55. The van der Waals surface area contributed by atoms with Crippen molar-refractivity contribution in [3.05, 3.63) is 0 Å². The lowest BCUT2D eigenvalue weighted by atomic mass is 10.1. The van der Waals surface area contributed by atoms with Crippen molar-refractivity contribution in [2.75, 3.05) is 26.2 Å². The van der Waals surface area contributed by atoms with Crippen molar-refractivity contribution >= 4 is 35.6 Å². The molecular weight excluding hydrogens is 448 g/mol. The molecule has 0 aliphatic carbocycles. The van der Waals surface area contributed by atoms with Gasteiger partial charge in [0.15, 0.2) is 11.9 Å². The third-order valence-electron chi connectivity index (χ3n) is 5.16. The molecule has 3 atom stereocenters. The number of amides is 3. The van der Waals surface area contributed by atoms with Crippen LogP contribution in [0, 0.1) is 0 Å². The molecule has 192 valence electrons. The Labute approximate surface area is 197 Å². The molecular formula is C19H36N10O5. The maximum Gasteiger partial charge on any atom is 0.326 e. The number of likely N-dealkylation sites (tertiary alicyclic amines) is 1. The molecule has 1 aliphatic rings. The average molecular weight is 485 g/mol. The van der Waals surface area contributed by atoms with E-state index in [4.69, 9.17) is 28.7 Å². The van der Waals surface area contributed by atoms with Gasteiger partial charge in [-0.15, -0.1) is 0 Å². The van der Waals surface area contributed by atoms with Gasteiger partial charge < -0.3 is 49.3 Å². The van der Waals surface area contributed by atoms with Gasteiger partial charge in [-0.2, -0.15) is 0 Å².